The largest absolute Gasteiger partial charge is 0.352 e. The zero-order valence-corrected chi connectivity index (χ0v) is 18.8. The van der Waals surface area contributed by atoms with E-state index in [0.717, 1.165) is 29.7 Å². The van der Waals surface area contributed by atoms with E-state index in [1.54, 1.807) is 0 Å². The molecule has 0 spiro atoms. The summed E-state index contributed by atoms with van der Waals surface area (Å²) in [5, 5.41) is 7.92. The Kier molecular flexibility index (Phi) is 6.24. The monoisotopic (exact) mass is 442 g/mol. The molecule has 2 heterocycles. The second kappa shape index (κ2) is 9.61. The molecule has 6 nitrogen and oxygen atoms in total. The first-order chi connectivity index (χ1) is 16.2. The van der Waals surface area contributed by atoms with Crippen molar-refractivity contribution in [3.8, 4) is 11.3 Å². The molecule has 1 saturated carbocycles. The van der Waals surface area contributed by atoms with Crippen LogP contribution in [0, 0.1) is 5.92 Å². The molecular formula is C27H30N4O2. The van der Waals surface area contributed by atoms with Gasteiger partial charge in [0, 0.05) is 42.9 Å². The Bertz CT molecular complexity index is 1100. The number of aromatic nitrogens is 2. The number of hydrogen-bond donors (Lipinski definition) is 1. The fourth-order valence-electron chi connectivity index (χ4n) is 5.09. The Morgan fingerprint density at radius 2 is 1.70 bits per heavy atom. The summed E-state index contributed by atoms with van der Waals surface area (Å²) in [7, 11) is 0. The summed E-state index contributed by atoms with van der Waals surface area (Å²) >= 11 is 0. The van der Waals surface area contributed by atoms with Gasteiger partial charge in [-0.05, 0) is 18.4 Å². The van der Waals surface area contributed by atoms with Crippen molar-refractivity contribution in [1.82, 2.24) is 20.0 Å². The van der Waals surface area contributed by atoms with Crippen LogP contribution in [0.5, 0.6) is 0 Å². The standard InChI is InChI=1S/C27H30N4O2/c32-25-15-22(19-31(25)24-13-7-8-14-24)27(33)28-16-23-18-30(17-20-9-3-1-4-10-20)29-26(23)21-11-5-2-6-12-21/h1-6,9-12,18,22,24H,7-8,13-17,19H2,(H,28,33). The van der Waals surface area contributed by atoms with E-state index in [2.05, 4.69) is 17.4 Å². The van der Waals surface area contributed by atoms with E-state index in [0.29, 0.717) is 32.1 Å². The predicted molar refractivity (Wildman–Crippen MR) is 127 cm³/mol. The Hall–Kier alpha value is -3.41. The number of hydrogen-bond acceptors (Lipinski definition) is 3. The topological polar surface area (TPSA) is 67.2 Å². The van der Waals surface area contributed by atoms with E-state index in [1.165, 1.54) is 18.4 Å². The predicted octanol–water partition coefficient (Wildman–Crippen LogP) is 4.01. The summed E-state index contributed by atoms with van der Waals surface area (Å²) in [5.74, 6) is -0.181. The highest BCUT2D eigenvalue weighted by Gasteiger charge is 2.38. The van der Waals surface area contributed by atoms with Crippen molar-refractivity contribution < 1.29 is 9.59 Å². The van der Waals surface area contributed by atoms with Gasteiger partial charge in [-0.1, -0.05) is 73.5 Å². The third kappa shape index (κ3) is 4.85. The van der Waals surface area contributed by atoms with Crippen molar-refractivity contribution in [2.24, 2.45) is 5.92 Å². The van der Waals surface area contributed by atoms with E-state index in [-0.39, 0.29) is 17.7 Å². The summed E-state index contributed by atoms with van der Waals surface area (Å²) < 4.78 is 1.93. The van der Waals surface area contributed by atoms with Crippen LogP contribution in [0.2, 0.25) is 0 Å². The van der Waals surface area contributed by atoms with Crippen LogP contribution in [0.1, 0.15) is 43.2 Å². The van der Waals surface area contributed by atoms with Gasteiger partial charge in [0.15, 0.2) is 0 Å². The first kappa shape index (κ1) is 21.4. The number of likely N-dealkylation sites (tertiary alicyclic amines) is 1. The Balaban J connectivity index is 1.29. The van der Waals surface area contributed by atoms with Crippen molar-refractivity contribution in [1.29, 1.82) is 0 Å². The second-order valence-electron chi connectivity index (χ2n) is 9.16. The lowest BCUT2D eigenvalue weighted by Crippen LogP contribution is -2.36. The normalized spacial score (nSPS) is 18.7. The van der Waals surface area contributed by atoms with Gasteiger partial charge in [-0.15, -0.1) is 0 Å². The quantitative estimate of drug-likeness (QED) is 0.601. The molecule has 33 heavy (non-hydrogen) atoms. The molecule has 0 radical (unpaired) electrons. The molecule has 170 valence electrons. The van der Waals surface area contributed by atoms with Crippen LogP contribution in [0.15, 0.2) is 66.9 Å². The lowest BCUT2D eigenvalue weighted by molar-refractivity contribution is -0.130. The molecule has 0 bridgehead atoms. The highest BCUT2D eigenvalue weighted by Crippen LogP contribution is 2.30. The molecule has 5 rings (SSSR count). The van der Waals surface area contributed by atoms with Gasteiger partial charge in [0.2, 0.25) is 11.8 Å². The maximum atomic E-state index is 13.0. The van der Waals surface area contributed by atoms with Crippen LogP contribution in [0.3, 0.4) is 0 Å². The lowest BCUT2D eigenvalue weighted by Gasteiger charge is -2.23. The van der Waals surface area contributed by atoms with Crippen molar-refractivity contribution in [2.45, 2.75) is 51.2 Å². The minimum absolute atomic E-state index is 0.0429. The molecule has 2 amide bonds. The minimum Gasteiger partial charge on any atom is -0.352 e. The highest BCUT2D eigenvalue weighted by molar-refractivity contribution is 5.89. The van der Waals surface area contributed by atoms with Gasteiger partial charge in [-0.3, -0.25) is 14.3 Å². The molecule has 2 fully saturated rings. The molecule has 1 unspecified atom stereocenters. The number of carbonyl (C=O) groups is 2. The Morgan fingerprint density at radius 3 is 2.42 bits per heavy atom. The molecule has 1 aliphatic carbocycles. The molecule has 1 N–H and O–H groups in total. The average molecular weight is 443 g/mol. The van der Waals surface area contributed by atoms with Crippen LogP contribution in [0.25, 0.3) is 11.3 Å². The zero-order valence-electron chi connectivity index (χ0n) is 18.8. The number of rotatable bonds is 7. The van der Waals surface area contributed by atoms with E-state index < -0.39 is 0 Å². The molecule has 2 aliphatic rings. The summed E-state index contributed by atoms with van der Waals surface area (Å²) in [6.07, 6.45) is 6.84. The summed E-state index contributed by atoms with van der Waals surface area (Å²) in [5.41, 5.74) is 4.05. The van der Waals surface area contributed by atoms with Gasteiger partial charge in [0.25, 0.3) is 0 Å². The van der Waals surface area contributed by atoms with Crippen molar-refractivity contribution in [2.75, 3.05) is 6.54 Å². The molecule has 3 aromatic rings. The van der Waals surface area contributed by atoms with Crippen LogP contribution in [-0.4, -0.2) is 39.1 Å². The molecule has 2 aromatic carbocycles. The van der Waals surface area contributed by atoms with Gasteiger partial charge in [-0.2, -0.15) is 5.10 Å². The summed E-state index contributed by atoms with van der Waals surface area (Å²) in [6.45, 7) is 1.61. The summed E-state index contributed by atoms with van der Waals surface area (Å²) in [4.78, 5) is 27.4. The molecule has 1 atom stereocenters. The average Bonchev–Trinajstić information content (AvgIpc) is 3.59. The molecule has 1 aromatic heterocycles. The number of carbonyl (C=O) groups excluding carboxylic acids is 2. The maximum Gasteiger partial charge on any atom is 0.225 e. The third-order valence-electron chi connectivity index (χ3n) is 6.82. The first-order valence-electron chi connectivity index (χ1n) is 11.9. The molecule has 6 heteroatoms. The van der Waals surface area contributed by atoms with E-state index in [1.807, 2.05) is 64.3 Å². The fourth-order valence-corrected chi connectivity index (χ4v) is 5.09. The minimum atomic E-state index is -0.266. The fraction of sp³-hybridized carbons (Fsp3) is 0.370. The smallest absolute Gasteiger partial charge is 0.225 e. The van der Waals surface area contributed by atoms with Crippen LogP contribution in [-0.2, 0) is 22.7 Å². The van der Waals surface area contributed by atoms with E-state index in [9.17, 15) is 9.59 Å². The number of nitrogens with zero attached hydrogens (tertiary/aromatic N) is 3. The first-order valence-corrected chi connectivity index (χ1v) is 11.9. The number of amides is 2. The molecule has 1 aliphatic heterocycles. The van der Waals surface area contributed by atoms with Crippen molar-refractivity contribution >= 4 is 11.8 Å². The van der Waals surface area contributed by atoms with E-state index in [4.69, 9.17) is 5.10 Å². The molecular weight excluding hydrogens is 412 g/mol. The Morgan fingerprint density at radius 1 is 1.00 bits per heavy atom. The van der Waals surface area contributed by atoms with Crippen LogP contribution in [0.4, 0.5) is 0 Å². The zero-order chi connectivity index (χ0) is 22.6. The third-order valence-corrected chi connectivity index (χ3v) is 6.82. The molecule has 1 saturated heterocycles. The highest BCUT2D eigenvalue weighted by atomic mass is 16.2. The lowest BCUT2D eigenvalue weighted by atomic mass is 10.1. The van der Waals surface area contributed by atoms with Crippen molar-refractivity contribution in [3.63, 3.8) is 0 Å². The van der Waals surface area contributed by atoms with Crippen LogP contribution >= 0.6 is 0 Å². The maximum absolute atomic E-state index is 13.0. The van der Waals surface area contributed by atoms with Gasteiger partial charge >= 0.3 is 0 Å². The van der Waals surface area contributed by atoms with Gasteiger partial charge in [0.1, 0.15) is 0 Å². The number of benzene rings is 2. The van der Waals surface area contributed by atoms with Crippen LogP contribution < -0.4 is 5.32 Å². The van der Waals surface area contributed by atoms with Gasteiger partial charge < -0.3 is 10.2 Å². The number of nitrogens with one attached hydrogen (secondary N) is 1. The SMILES string of the molecule is O=C(NCc1cn(Cc2ccccc2)nc1-c1ccccc1)C1CC(=O)N(C2CCCC2)C1. The summed E-state index contributed by atoms with van der Waals surface area (Å²) in [6, 6.07) is 20.6. The van der Waals surface area contributed by atoms with Gasteiger partial charge in [0.05, 0.1) is 18.2 Å². The second-order valence-corrected chi connectivity index (χ2v) is 9.16. The van der Waals surface area contributed by atoms with E-state index >= 15 is 0 Å². The Labute approximate surface area is 194 Å². The van der Waals surface area contributed by atoms with Crippen molar-refractivity contribution in [3.05, 3.63) is 78.0 Å². The van der Waals surface area contributed by atoms with Gasteiger partial charge in [-0.25, -0.2) is 0 Å².